The van der Waals surface area contributed by atoms with E-state index in [1.807, 2.05) is 6.92 Å². The lowest BCUT2D eigenvalue weighted by Gasteiger charge is -2.37. The summed E-state index contributed by atoms with van der Waals surface area (Å²) in [5, 5.41) is 6.60. The highest BCUT2D eigenvalue weighted by Gasteiger charge is 2.30. The number of nitrogens with one attached hydrogen (secondary N) is 1. The zero-order chi connectivity index (χ0) is 17.8. The normalized spacial score (nSPS) is 19.6. The van der Waals surface area contributed by atoms with Crippen LogP contribution in [0.15, 0.2) is 34.9 Å². The number of ether oxygens (including phenoxy) is 1. The molecule has 1 saturated heterocycles. The van der Waals surface area contributed by atoms with Crippen molar-refractivity contribution in [2.75, 3.05) is 25.0 Å². The molecule has 7 heteroatoms. The Morgan fingerprint density at radius 1 is 1.44 bits per heavy atom. The van der Waals surface area contributed by atoms with E-state index in [0.29, 0.717) is 37.7 Å². The van der Waals surface area contributed by atoms with Gasteiger partial charge in [-0.1, -0.05) is 24.2 Å². The number of aryl methyl sites for hydroxylation is 1. The van der Waals surface area contributed by atoms with Crippen molar-refractivity contribution in [3.63, 3.8) is 0 Å². The fourth-order valence-corrected chi connectivity index (χ4v) is 3.08. The molecule has 1 aliphatic rings. The summed E-state index contributed by atoms with van der Waals surface area (Å²) < 4.78 is 23.9. The van der Waals surface area contributed by atoms with Gasteiger partial charge in [-0.2, -0.15) is 0 Å². The summed E-state index contributed by atoms with van der Waals surface area (Å²) in [6.07, 6.45) is 0.490. The van der Waals surface area contributed by atoms with Crippen molar-refractivity contribution >= 4 is 11.7 Å². The number of nitrogens with zero attached hydrogens (tertiary/aromatic N) is 2. The molecular weight excluding hydrogens is 325 g/mol. The monoisotopic (exact) mass is 347 g/mol. The van der Waals surface area contributed by atoms with E-state index in [0.717, 1.165) is 5.56 Å². The number of amides is 1. The molecule has 3 rings (SSSR count). The minimum absolute atomic E-state index is 0.115. The summed E-state index contributed by atoms with van der Waals surface area (Å²) in [4.78, 5) is 14.7. The van der Waals surface area contributed by atoms with Crippen molar-refractivity contribution in [1.82, 2.24) is 10.1 Å². The van der Waals surface area contributed by atoms with Crippen LogP contribution >= 0.6 is 0 Å². The number of benzene rings is 1. The molecule has 0 spiro atoms. The molecule has 1 aromatic carbocycles. The molecular formula is C18H22FN3O3. The first-order valence-electron chi connectivity index (χ1n) is 8.42. The van der Waals surface area contributed by atoms with Crippen LogP contribution in [0.5, 0.6) is 0 Å². The molecule has 1 aliphatic heterocycles. The maximum absolute atomic E-state index is 13.1. The topological polar surface area (TPSA) is 67.6 Å². The predicted molar refractivity (Wildman–Crippen MR) is 90.6 cm³/mol. The third-order valence-corrected chi connectivity index (χ3v) is 4.35. The van der Waals surface area contributed by atoms with E-state index in [4.69, 9.17) is 9.26 Å². The average Bonchev–Trinajstić information content (AvgIpc) is 3.01. The van der Waals surface area contributed by atoms with E-state index in [1.54, 1.807) is 25.1 Å². The molecule has 0 unspecified atom stereocenters. The third-order valence-electron chi connectivity index (χ3n) is 4.35. The molecule has 2 aromatic rings. The molecule has 0 radical (unpaired) electrons. The van der Waals surface area contributed by atoms with Crippen molar-refractivity contribution in [1.29, 1.82) is 0 Å². The zero-order valence-corrected chi connectivity index (χ0v) is 14.4. The van der Waals surface area contributed by atoms with Crippen LogP contribution in [0.3, 0.4) is 0 Å². The van der Waals surface area contributed by atoms with Gasteiger partial charge in [0.05, 0.1) is 18.8 Å². The van der Waals surface area contributed by atoms with E-state index < -0.39 is 0 Å². The summed E-state index contributed by atoms with van der Waals surface area (Å²) >= 11 is 0. The van der Waals surface area contributed by atoms with Gasteiger partial charge in [-0.3, -0.25) is 9.69 Å². The molecule has 2 heterocycles. The quantitative estimate of drug-likeness (QED) is 0.901. The Morgan fingerprint density at radius 2 is 2.20 bits per heavy atom. The van der Waals surface area contributed by atoms with Gasteiger partial charge in [0.25, 0.3) is 0 Å². The van der Waals surface area contributed by atoms with Crippen LogP contribution in [0, 0.1) is 12.7 Å². The van der Waals surface area contributed by atoms with Crippen LogP contribution in [0.2, 0.25) is 0 Å². The van der Waals surface area contributed by atoms with Gasteiger partial charge in [-0.05, 0) is 31.0 Å². The van der Waals surface area contributed by atoms with E-state index in [2.05, 4.69) is 15.4 Å². The Bertz CT molecular complexity index is 717. The number of carbonyl (C=O) groups is 1. The van der Waals surface area contributed by atoms with Gasteiger partial charge in [0.2, 0.25) is 5.91 Å². The van der Waals surface area contributed by atoms with E-state index in [9.17, 15) is 9.18 Å². The van der Waals surface area contributed by atoms with Crippen LogP contribution in [-0.4, -0.2) is 41.7 Å². The first kappa shape index (κ1) is 17.6. The Morgan fingerprint density at radius 3 is 2.84 bits per heavy atom. The lowest BCUT2D eigenvalue weighted by Crippen LogP contribution is -2.49. The summed E-state index contributed by atoms with van der Waals surface area (Å²) in [5.74, 6) is 0.677. The highest BCUT2D eigenvalue weighted by Crippen LogP contribution is 2.24. The molecule has 1 aromatic heterocycles. The SMILES string of the molecule is CC[C@H](C(=O)Nc1cc(C)on1)N1CCO[C@@H](c2ccc(F)cc2)C1. The van der Waals surface area contributed by atoms with Crippen LogP contribution in [0.25, 0.3) is 0 Å². The van der Waals surface area contributed by atoms with Crippen molar-refractivity contribution in [2.24, 2.45) is 0 Å². The standard InChI is InChI=1S/C18H22FN3O3/c1-3-15(18(23)20-17-10-12(2)25-21-17)22-8-9-24-16(11-22)13-4-6-14(19)7-5-13/h4-7,10,15-16H,3,8-9,11H2,1-2H3,(H,20,21,23)/t15-,16-/m1/s1. The number of aromatic nitrogens is 1. The number of halogens is 1. The third kappa shape index (κ3) is 4.24. The highest BCUT2D eigenvalue weighted by molar-refractivity contribution is 5.94. The van der Waals surface area contributed by atoms with Gasteiger partial charge >= 0.3 is 0 Å². The Hall–Kier alpha value is -2.25. The second-order valence-corrected chi connectivity index (χ2v) is 6.14. The summed E-state index contributed by atoms with van der Waals surface area (Å²) in [7, 11) is 0. The fourth-order valence-electron chi connectivity index (χ4n) is 3.08. The smallest absolute Gasteiger partial charge is 0.242 e. The lowest BCUT2D eigenvalue weighted by atomic mass is 10.1. The Kier molecular flexibility index (Phi) is 5.45. The molecule has 0 aliphatic carbocycles. The van der Waals surface area contributed by atoms with Gasteiger partial charge < -0.3 is 14.6 Å². The van der Waals surface area contributed by atoms with Crippen LogP contribution in [0.4, 0.5) is 10.2 Å². The lowest BCUT2D eigenvalue weighted by molar-refractivity contribution is -0.125. The van der Waals surface area contributed by atoms with Gasteiger partial charge in [-0.25, -0.2) is 4.39 Å². The molecule has 2 atom stereocenters. The number of rotatable bonds is 5. The fraction of sp³-hybridized carbons (Fsp3) is 0.444. The van der Waals surface area contributed by atoms with Gasteiger partial charge in [0.15, 0.2) is 5.82 Å². The average molecular weight is 347 g/mol. The van der Waals surface area contributed by atoms with Crippen LogP contribution in [0.1, 0.15) is 30.8 Å². The second-order valence-electron chi connectivity index (χ2n) is 6.14. The first-order valence-corrected chi connectivity index (χ1v) is 8.42. The minimum Gasteiger partial charge on any atom is -0.371 e. The molecule has 134 valence electrons. The van der Waals surface area contributed by atoms with E-state index in [-0.39, 0.29) is 23.9 Å². The van der Waals surface area contributed by atoms with Crippen LogP contribution < -0.4 is 5.32 Å². The van der Waals surface area contributed by atoms with E-state index >= 15 is 0 Å². The highest BCUT2D eigenvalue weighted by atomic mass is 19.1. The second kappa shape index (κ2) is 7.76. The van der Waals surface area contributed by atoms with Gasteiger partial charge in [0.1, 0.15) is 11.6 Å². The largest absolute Gasteiger partial charge is 0.371 e. The molecule has 25 heavy (non-hydrogen) atoms. The van der Waals surface area contributed by atoms with E-state index in [1.165, 1.54) is 12.1 Å². The molecule has 0 bridgehead atoms. The zero-order valence-electron chi connectivity index (χ0n) is 14.4. The summed E-state index contributed by atoms with van der Waals surface area (Å²) in [5.41, 5.74) is 0.911. The van der Waals surface area contributed by atoms with Crippen molar-refractivity contribution in [3.8, 4) is 0 Å². The van der Waals surface area contributed by atoms with Gasteiger partial charge in [0, 0.05) is 19.2 Å². The molecule has 1 N–H and O–H groups in total. The minimum atomic E-state index is -0.288. The predicted octanol–water partition coefficient (Wildman–Crippen LogP) is 2.91. The Labute approximate surface area is 145 Å². The summed E-state index contributed by atoms with van der Waals surface area (Å²) in [6.45, 7) is 5.52. The molecule has 6 nitrogen and oxygen atoms in total. The Balaban J connectivity index is 1.67. The molecule has 0 saturated carbocycles. The van der Waals surface area contributed by atoms with Gasteiger partial charge in [-0.15, -0.1) is 0 Å². The number of anilines is 1. The first-order chi connectivity index (χ1) is 12.1. The maximum Gasteiger partial charge on any atom is 0.242 e. The van der Waals surface area contributed by atoms with Crippen molar-refractivity contribution < 1.29 is 18.4 Å². The number of morpholine rings is 1. The molecule has 1 fully saturated rings. The van der Waals surface area contributed by atoms with Crippen molar-refractivity contribution in [3.05, 3.63) is 47.5 Å². The maximum atomic E-state index is 13.1. The number of hydrogen-bond donors (Lipinski definition) is 1. The number of hydrogen-bond acceptors (Lipinski definition) is 5. The number of carbonyl (C=O) groups excluding carboxylic acids is 1. The summed E-state index contributed by atoms with van der Waals surface area (Å²) in [6, 6.07) is 7.70. The van der Waals surface area contributed by atoms with Crippen LogP contribution in [-0.2, 0) is 9.53 Å². The molecule has 1 amide bonds. The van der Waals surface area contributed by atoms with Crippen molar-refractivity contribution in [2.45, 2.75) is 32.4 Å².